The average molecular weight is 276 g/mol. The summed E-state index contributed by atoms with van der Waals surface area (Å²) in [5, 5.41) is 4.05. The van der Waals surface area contributed by atoms with Crippen molar-refractivity contribution >= 4 is 11.6 Å². The number of carbonyl (C=O) groups is 1. The Morgan fingerprint density at radius 2 is 2.10 bits per heavy atom. The molecule has 1 fully saturated rings. The molecule has 1 aromatic rings. The lowest BCUT2D eigenvalue weighted by Gasteiger charge is -2.19. The van der Waals surface area contributed by atoms with Crippen molar-refractivity contribution in [2.45, 2.75) is 25.4 Å². The minimum atomic E-state index is -0.264. The minimum Gasteiger partial charge on any atom is -0.390 e. The predicted octanol–water partition coefficient (Wildman–Crippen LogP) is 2.19. The minimum absolute atomic E-state index is 0.109. The van der Waals surface area contributed by atoms with Gasteiger partial charge in [-0.2, -0.15) is 0 Å². The second-order valence-electron chi connectivity index (χ2n) is 5.47. The summed E-state index contributed by atoms with van der Waals surface area (Å²) in [5.74, 6) is 0.155. The molecule has 1 saturated carbocycles. The molecule has 1 amide bonds. The Bertz CT molecular complexity index is 537. The lowest BCUT2D eigenvalue weighted by Crippen LogP contribution is -2.35. The van der Waals surface area contributed by atoms with Gasteiger partial charge in [0.1, 0.15) is 5.82 Å². The highest BCUT2D eigenvalue weighted by atomic mass is 19.1. The lowest BCUT2D eigenvalue weighted by molar-refractivity contribution is -0.132. The summed E-state index contributed by atoms with van der Waals surface area (Å²) in [4.78, 5) is 19.0. The first-order valence-electron chi connectivity index (χ1n) is 6.87. The monoisotopic (exact) mass is 276 g/mol. The Balaban J connectivity index is 1.55. The Labute approximate surface area is 117 Å². The highest BCUT2D eigenvalue weighted by molar-refractivity contribution is 6.01. The second-order valence-corrected chi connectivity index (χ2v) is 5.47. The van der Waals surface area contributed by atoms with Crippen molar-refractivity contribution in [2.75, 3.05) is 13.6 Å². The number of rotatable bonds is 4. The van der Waals surface area contributed by atoms with E-state index in [0.29, 0.717) is 13.0 Å². The Kier molecular flexibility index (Phi) is 3.42. The molecule has 0 N–H and O–H groups in total. The maximum Gasteiger partial charge on any atom is 0.225 e. The molecule has 106 valence electrons. The van der Waals surface area contributed by atoms with Crippen LogP contribution in [0.25, 0.3) is 0 Å². The van der Waals surface area contributed by atoms with Crippen molar-refractivity contribution in [3.05, 3.63) is 35.6 Å². The van der Waals surface area contributed by atoms with E-state index in [1.807, 2.05) is 0 Å². The summed E-state index contributed by atoms with van der Waals surface area (Å²) >= 11 is 0. The molecule has 0 unspecified atom stereocenters. The first-order chi connectivity index (χ1) is 9.63. The van der Waals surface area contributed by atoms with Crippen molar-refractivity contribution in [3.63, 3.8) is 0 Å². The fourth-order valence-electron chi connectivity index (χ4n) is 2.38. The number of oxime groups is 1. The number of hydrogen-bond acceptors (Lipinski definition) is 3. The van der Waals surface area contributed by atoms with E-state index >= 15 is 0 Å². The molecule has 0 saturated heterocycles. The molecule has 20 heavy (non-hydrogen) atoms. The predicted molar refractivity (Wildman–Crippen MR) is 72.8 cm³/mol. The maximum atomic E-state index is 12.9. The molecular weight excluding hydrogens is 259 g/mol. The van der Waals surface area contributed by atoms with Gasteiger partial charge in [-0.05, 0) is 30.5 Å². The zero-order valence-corrected chi connectivity index (χ0v) is 11.4. The molecule has 4 nitrogen and oxygen atoms in total. The third-order valence-corrected chi connectivity index (χ3v) is 3.69. The van der Waals surface area contributed by atoms with Crippen molar-refractivity contribution in [3.8, 4) is 0 Å². The summed E-state index contributed by atoms with van der Waals surface area (Å²) < 4.78 is 12.9. The van der Waals surface area contributed by atoms with Crippen molar-refractivity contribution in [1.29, 1.82) is 0 Å². The molecule has 5 heteroatoms. The third kappa shape index (κ3) is 2.81. The van der Waals surface area contributed by atoms with Gasteiger partial charge in [0.15, 0.2) is 6.10 Å². The van der Waals surface area contributed by atoms with Crippen LogP contribution in [-0.4, -0.2) is 36.2 Å². The van der Waals surface area contributed by atoms with Crippen LogP contribution in [-0.2, 0) is 9.63 Å². The van der Waals surface area contributed by atoms with E-state index in [0.717, 1.165) is 24.1 Å². The number of likely N-dealkylation sites (N-methyl/N-ethyl adjacent to an activating group) is 1. The van der Waals surface area contributed by atoms with Crippen LogP contribution in [0.3, 0.4) is 0 Å². The normalized spacial score (nSPS) is 21.3. The van der Waals surface area contributed by atoms with E-state index in [1.54, 1.807) is 24.1 Å². The van der Waals surface area contributed by atoms with Crippen LogP contribution >= 0.6 is 0 Å². The maximum absolute atomic E-state index is 12.9. The van der Waals surface area contributed by atoms with Gasteiger partial charge in [0.25, 0.3) is 0 Å². The van der Waals surface area contributed by atoms with Gasteiger partial charge in [-0.15, -0.1) is 0 Å². The second kappa shape index (κ2) is 5.23. The summed E-state index contributed by atoms with van der Waals surface area (Å²) in [7, 11) is 1.81. The number of nitrogens with zero attached hydrogens (tertiary/aromatic N) is 2. The molecule has 1 heterocycles. The van der Waals surface area contributed by atoms with Crippen LogP contribution in [0.15, 0.2) is 29.4 Å². The SMILES string of the molecule is CN(C[C@H]1CC(c2ccc(F)cc2)=NO1)C(=O)C1CC1. The summed E-state index contributed by atoms with van der Waals surface area (Å²) in [6.07, 6.45) is 2.55. The van der Waals surface area contributed by atoms with Gasteiger partial charge in [0, 0.05) is 19.4 Å². The molecule has 0 bridgehead atoms. The molecule has 1 aliphatic carbocycles. The van der Waals surface area contributed by atoms with E-state index in [1.165, 1.54) is 12.1 Å². The van der Waals surface area contributed by atoms with E-state index in [4.69, 9.17) is 4.84 Å². The van der Waals surface area contributed by atoms with Gasteiger partial charge in [-0.25, -0.2) is 4.39 Å². The number of hydrogen-bond donors (Lipinski definition) is 0. The van der Waals surface area contributed by atoms with Crippen molar-refractivity contribution in [2.24, 2.45) is 11.1 Å². The summed E-state index contributed by atoms with van der Waals surface area (Å²) in [5.41, 5.74) is 1.67. The standard InChI is InChI=1S/C15H17FN2O2/c1-18(15(19)11-2-3-11)9-13-8-14(17-20-13)10-4-6-12(16)7-5-10/h4-7,11,13H,2-3,8-9H2,1H3/t13-/m1/s1. The first-order valence-corrected chi connectivity index (χ1v) is 6.87. The zero-order valence-electron chi connectivity index (χ0n) is 11.4. The molecule has 1 aromatic carbocycles. The van der Waals surface area contributed by atoms with Crippen LogP contribution in [0.1, 0.15) is 24.8 Å². The number of benzene rings is 1. The van der Waals surface area contributed by atoms with Crippen LogP contribution in [0.2, 0.25) is 0 Å². The van der Waals surface area contributed by atoms with Crippen molar-refractivity contribution in [1.82, 2.24) is 4.90 Å². The molecule has 0 radical (unpaired) electrons. The summed E-state index contributed by atoms with van der Waals surface area (Å²) in [6, 6.07) is 6.21. The quantitative estimate of drug-likeness (QED) is 0.846. The van der Waals surface area contributed by atoms with E-state index < -0.39 is 0 Å². The van der Waals surface area contributed by atoms with Gasteiger partial charge in [-0.1, -0.05) is 17.3 Å². The molecule has 1 atom stereocenters. The fraction of sp³-hybridized carbons (Fsp3) is 0.467. The highest BCUT2D eigenvalue weighted by Crippen LogP contribution is 2.31. The van der Waals surface area contributed by atoms with Crippen molar-refractivity contribution < 1.29 is 14.0 Å². The molecule has 0 spiro atoms. The largest absolute Gasteiger partial charge is 0.390 e. The Morgan fingerprint density at radius 3 is 2.75 bits per heavy atom. The fourth-order valence-corrected chi connectivity index (χ4v) is 2.38. The number of halogens is 1. The van der Waals surface area contributed by atoms with E-state index in [9.17, 15) is 9.18 Å². The molecule has 3 rings (SSSR count). The van der Waals surface area contributed by atoms with Gasteiger partial charge in [-0.3, -0.25) is 4.79 Å². The van der Waals surface area contributed by atoms with Crippen LogP contribution in [0, 0.1) is 11.7 Å². The topological polar surface area (TPSA) is 41.9 Å². The van der Waals surface area contributed by atoms with Gasteiger partial charge >= 0.3 is 0 Å². The number of carbonyl (C=O) groups excluding carboxylic acids is 1. The van der Waals surface area contributed by atoms with Crippen LogP contribution in [0.4, 0.5) is 4.39 Å². The third-order valence-electron chi connectivity index (χ3n) is 3.69. The van der Waals surface area contributed by atoms with E-state index in [2.05, 4.69) is 5.16 Å². The molecule has 2 aliphatic rings. The van der Waals surface area contributed by atoms with Crippen LogP contribution in [0.5, 0.6) is 0 Å². The molecular formula is C15H17FN2O2. The Hall–Kier alpha value is -1.91. The summed E-state index contributed by atoms with van der Waals surface area (Å²) in [6.45, 7) is 0.545. The van der Waals surface area contributed by atoms with Gasteiger partial charge < -0.3 is 9.74 Å². The molecule has 0 aromatic heterocycles. The van der Waals surface area contributed by atoms with Gasteiger partial charge in [0.05, 0.1) is 12.3 Å². The van der Waals surface area contributed by atoms with Gasteiger partial charge in [0.2, 0.25) is 5.91 Å². The van der Waals surface area contributed by atoms with E-state index in [-0.39, 0.29) is 23.7 Å². The number of amides is 1. The zero-order chi connectivity index (χ0) is 14.1. The molecule has 1 aliphatic heterocycles. The highest BCUT2D eigenvalue weighted by Gasteiger charge is 2.34. The average Bonchev–Trinajstić information content (AvgIpc) is 3.19. The smallest absolute Gasteiger partial charge is 0.225 e. The lowest BCUT2D eigenvalue weighted by atomic mass is 10.0. The van der Waals surface area contributed by atoms with Crippen LogP contribution < -0.4 is 0 Å². The Morgan fingerprint density at radius 1 is 1.40 bits per heavy atom. The first kappa shape index (κ1) is 13.1.